The number of hydrogen-bond donors (Lipinski definition) is 2. The van der Waals surface area contributed by atoms with E-state index in [0.29, 0.717) is 11.3 Å². The van der Waals surface area contributed by atoms with Crippen molar-refractivity contribution in [2.45, 2.75) is 12.8 Å². The van der Waals surface area contributed by atoms with Crippen LogP contribution in [-0.4, -0.2) is 36.7 Å². The molecule has 0 saturated heterocycles. The van der Waals surface area contributed by atoms with Crippen LogP contribution < -0.4 is 10.6 Å². The van der Waals surface area contributed by atoms with Gasteiger partial charge in [-0.3, -0.25) is 19.2 Å². The van der Waals surface area contributed by atoms with Gasteiger partial charge in [0.1, 0.15) is 12.5 Å². The van der Waals surface area contributed by atoms with E-state index in [0.717, 1.165) is 0 Å². The molecule has 0 saturated carbocycles. The lowest BCUT2D eigenvalue weighted by Gasteiger charge is -2.08. The number of benzene rings is 1. The van der Waals surface area contributed by atoms with E-state index in [1.54, 1.807) is 31.2 Å². The second-order valence-electron chi connectivity index (χ2n) is 4.36. The van der Waals surface area contributed by atoms with Crippen molar-refractivity contribution >= 4 is 29.3 Å². The molecule has 1 heterocycles. The molecule has 1 aromatic carbocycles. The monoisotopic (exact) mass is 290 g/mol. The number of ether oxygens (including phenoxy) is 1. The Morgan fingerprint density at radius 2 is 2.00 bits per heavy atom. The molecule has 0 fully saturated rings. The third-order valence-electron chi connectivity index (χ3n) is 2.98. The summed E-state index contributed by atoms with van der Waals surface area (Å²) >= 11 is 0. The summed E-state index contributed by atoms with van der Waals surface area (Å²) in [6, 6.07) is 6.65. The molecule has 110 valence electrons. The van der Waals surface area contributed by atoms with E-state index in [9.17, 15) is 19.2 Å². The smallest absolute Gasteiger partial charge is 0.325 e. The number of carbonyl (C=O) groups is 4. The van der Waals surface area contributed by atoms with Crippen LogP contribution in [0.4, 0.5) is 5.69 Å². The van der Waals surface area contributed by atoms with E-state index in [1.807, 2.05) is 0 Å². The maximum absolute atomic E-state index is 12.1. The third kappa shape index (κ3) is 3.07. The van der Waals surface area contributed by atoms with Crippen LogP contribution in [-0.2, 0) is 23.9 Å². The van der Waals surface area contributed by atoms with Crippen molar-refractivity contribution in [2.75, 3.05) is 18.5 Å². The van der Waals surface area contributed by atoms with E-state index < -0.39 is 36.0 Å². The summed E-state index contributed by atoms with van der Waals surface area (Å²) in [5.41, 5.74) is 0.970. The lowest BCUT2D eigenvalue weighted by Crippen LogP contribution is -2.39. The molecular formula is C14H14N2O5. The fraction of sp³-hybridized carbons (Fsp3) is 0.286. The molecule has 0 bridgehead atoms. The van der Waals surface area contributed by atoms with Gasteiger partial charge in [0.2, 0.25) is 11.7 Å². The molecule has 1 unspecified atom stereocenters. The number of Topliss-reactive ketones (excluding diaryl/α,β-unsaturated/α-hetero) is 1. The number of fused-ring (bicyclic) bond motifs is 1. The molecule has 1 aliphatic heterocycles. The van der Waals surface area contributed by atoms with Crippen LogP contribution in [0.2, 0.25) is 0 Å². The minimum Gasteiger partial charge on any atom is -0.465 e. The quantitative estimate of drug-likeness (QED) is 0.450. The summed E-state index contributed by atoms with van der Waals surface area (Å²) in [6.07, 6.45) is 0. The summed E-state index contributed by atoms with van der Waals surface area (Å²) in [5.74, 6) is -4.26. The SMILES string of the molecule is CCOC(=O)CNC(=O)C(=O)C1C(=O)Nc2ccccc21. The summed E-state index contributed by atoms with van der Waals surface area (Å²) in [6.45, 7) is 1.40. The van der Waals surface area contributed by atoms with Gasteiger partial charge in [-0.2, -0.15) is 0 Å². The van der Waals surface area contributed by atoms with E-state index in [4.69, 9.17) is 0 Å². The molecule has 21 heavy (non-hydrogen) atoms. The molecule has 1 aliphatic rings. The average Bonchev–Trinajstić information content (AvgIpc) is 2.80. The van der Waals surface area contributed by atoms with Crippen LogP contribution in [0.1, 0.15) is 18.4 Å². The number of hydrogen-bond acceptors (Lipinski definition) is 5. The maximum Gasteiger partial charge on any atom is 0.325 e. The molecule has 0 spiro atoms. The number of nitrogens with one attached hydrogen (secondary N) is 2. The Morgan fingerprint density at radius 3 is 2.71 bits per heavy atom. The summed E-state index contributed by atoms with van der Waals surface area (Å²) in [7, 11) is 0. The normalized spacial score (nSPS) is 15.9. The van der Waals surface area contributed by atoms with E-state index in [2.05, 4.69) is 15.4 Å². The fourth-order valence-electron chi connectivity index (χ4n) is 2.05. The molecule has 1 aromatic rings. The maximum atomic E-state index is 12.1. The number of amides is 2. The van der Waals surface area contributed by atoms with Gasteiger partial charge in [-0.1, -0.05) is 18.2 Å². The highest BCUT2D eigenvalue weighted by atomic mass is 16.5. The molecule has 2 amide bonds. The summed E-state index contributed by atoms with van der Waals surface area (Å²) in [4.78, 5) is 46.8. The highest BCUT2D eigenvalue weighted by Gasteiger charge is 2.39. The van der Waals surface area contributed by atoms with E-state index in [-0.39, 0.29) is 6.61 Å². The number of ketones is 1. The van der Waals surface area contributed by atoms with Gasteiger partial charge in [0.25, 0.3) is 5.91 Å². The van der Waals surface area contributed by atoms with Crippen LogP contribution in [0.25, 0.3) is 0 Å². The second-order valence-corrected chi connectivity index (χ2v) is 4.36. The number of para-hydroxylation sites is 1. The minimum absolute atomic E-state index is 0.182. The van der Waals surface area contributed by atoms with Crippen LogP contribution in [0.5, 0.6) is 0 Å². The Labute approximate surface area is 120 Å². The van der Waals surface area contributed by atoms with Crippen LogP contribution in [0.15, 0.2) is 24.3 Å². The molecule has 7 heteroatoms. The van der Waals surface area contributed by atoms with E-state index in [1.165, 1.54) is 0 Å². The third-order valence-corrected chi connectivity index (χ3v) is 2.98. The van der Waals surface area contributed by atoms with Crippen LogP contribution in [0, 0.1) is 0 Å². The van der Waals surface area contributed by atoms with Crippen LogP contribution >= 0.6 is 0 Å². The zero-order valence-corrected chi connectivity index (χ0v) is 11.3. The van der Waals surface area contributed by atoms with Crippen molar-refractivity contribution in [2.24, 2.45) is 0 Å². The first kappa shape index (κ1) is 14.7. The predicted molar refractivity (Wildman–Crippen MR) is 72.5 cm³/mol. The fourth-order valence-corrected chi connectivity index (χ4v) is 2.05. The summed E-state index contributed by atoms with van der Waals surface area (Å²) < 4.78 is 4.63. The molecule has 2 rings (SSSR count). The number of anilines is 1. The zero-order chi connectivity index (χ0) is 15.4. The topological polar surface area (TPSA) is 102 Å². The molecule has 0 aromatic heterocycles. The van der Waals surface area contributed by atoms with Crippen molar-refractivity contribution in [1.29, 1.82) is 0 Å². The molecular weight excluding hydrogens is 276 g/mol. The van der Waals surface area contributed by atoms with Crippen molar-refractivity contribution in [1.82, 2.24) is 5.32 Å². The van der Waals surface area contributed by atoms with Gasteiger partial charge in [0, 0.05) is 5.69 Å². The minimum atomic E-state index is -1.18. The lowest BCUT2D eigenvalue weighted by molar-refractivity contribution is -0.145. The Morgan fingerprint density at radius 1 is 1.29 bits per heavy atom. The highest BCUT2D eigenvalue weighted by Crippen LogP contribution is 2.32. The van der Waals surface area contributed by atoms with Gasteiger partial charge in [-0.05, 0) is 18.6 Å². The summed E-state index contributed by atoms with van der Waals surface area (Å²) in [5, 5.41) is 4.69. The van der Waals surface area contributed by atoms with Crippen LogP contribution in [0.3, 0.4) is 0 Å². The molecule has 0 radical (unpaired) electrons. The molecule has 0 aliphatic carbocycles. The van der Waals surface area contributed by atoms with Crippen molar-refractivity contribution in [3.63, 3.8) is 0 Å². The zero-order valence-electron chi connectivity index (χ0n) is 11.3. The number of carbonyl (C=O) groups excluding carboxylic acids is 4. The Hall–Kier alpha value is -2.70. The Bertz CT molecular complexity index is 611. The van der Waals surface area contributed by atoms with Crippen molar-refractivity contribution in [3.05, 3.63) is 29.8 Å². The Balaban J connectivity index is 2.05. The van der Waals surface area contributed by atoms with Gasteiger partial charge in [0.05, 0.1) is 6.61 Å². The second kappa shape index (κ2) is 6.17. The first-order valence-corrected chi connectivity index (χ1v) is 6.42. The van der Waals surface area contributed by atoms with Gasteiger partial charge in [-0.15, -0.1) is 0 Å². The van der Waals surface area contributed by atoms with E-state index >= 15 is 0 Å². The number of esters is 1. The van der Waals surface area contributed by atoms with Crippen molar-refractivity contribution < 1.29 is 23.9 Å². The van der Waals surface area contributed by atoms with Gasteiger partial charge in [-0.25, -0.2) is 0 Å². The van der Waals surface area contributed by atoms with Gasteiger partial charge in [0.15, 0.2) is 0 Å². The predicted octanol–water partition coefficient (Wildman–Crippen LogP) is -0.0293. The highest BCUT2D eigenvalue weighted by molar-refractivity contribution is 6.44. The van der Waals surface area contributed by atoms with Gasteiger partial charge < -0.3 is 15.4 Å². The standard InChI is InChI=1S/C14H14N2O5/c1-2-21-10(17)7-15-14(20)12(18)11-8-5-3-4-6-9(8)16-13(11)19/h3-6,11H,2,7H2,1H3,(H,15,20)(H,16,19). The first-order chi connectivity index (χ1) is 10.0. The lowest BCUT2D eigenvalue weighted by atomic mass is 9.96. The average molecular weight is 290 g/mol. The number of rotatable bonds is 5. The molecule has 7 nitrogen and oxygen atoms in total. The Kier molecular flexibility index (Phi) is 4.32. The van der Waals surface area contributed by atoms with Gasteiger partial charge >= 0.3 is 5.97 Å². The van der Waals surface area contributed by atoms with Crippen molar-refractivity contribution in [3.8, 4) is 0 Å². The first-order valence-electron chi connectivity index (χ1n) is 6.42. The molecule has 1 atom stereocenters. The molecule has 2 N–H and O–H groups in total. The largest absolute Gasteiger partial charge is 0.465 e.